The van der Waals surface area contributed by atoms with Crippen molar-refractivity contribution in [2.75, 3.05) is 5.32 Å². The number of amides is 1. The Labute approximate surface area is 158 Å². The molecule has 0 saturated heterocycles. The maximum Gasteiger partial charge on any atom is 0.255 e. The molecule has 1 aliphatic rings. The number of nitrogens with zero attached hydrogens (tertiary/aromatic N) is 3. The van der Waals surface area contributed by atoms with Crippen molar-refractivity contribution >= 4 is 11.6 Å². The fourth-order valence-electron chi connectivity index (χ4n) is 3.35. The Morgan fingerprint density at radius 3 is 2.63 bits per heavy atom. The van der Waals surface area contributed by atoms with Crippen LogP contribution in [0.15, 0.2) is 61.2 Å². The number of aromatic nitrogens is 3. The molecule has 0 aliphatic heterocycles. The highest BCUT2D eigenvalue weighted by molar-refractivity contribution is 6.04. The number of hydrogen-bond acceptors (Lipinski definition) is 4. The second kappa shape index (κ2) is 8.03. The number of benzene rings is 2. The van der Waals surface area contributed by atoms with Crippen LogP contribution in [0.4, 0.5) is 5.69 Å². The summed E-state index contributed by atoms with van der Waals surface area (Å²) in [4.78, 5) is 16.6. The number of rotatable bonds is 6. The Morgan fingerprint density at radius 1 is 1.11 bits per heavy atom. The highest BCUT2D eigenvalue weighted by Crippen LogP contribution is 2.24. The van der Waals surface area contributed by atoms with E-state index in [4.69, 9.17) is 4.74 Å². The van der Waals surface area contributed by atoms with Gasteiger partial charge < -0.3 is 10.1 Å². The van der Waals surface area contributed by atoms with Crippen LogP contribution in [-0.4, -0.2) is 26.8 Å². The van der Waals surface area contributed by atoms with Crippen LogP contribution in [0, 0.1) is 0 Å². The number of carbonyl (C=O) groups excluding carboxylic acids is 1. The molecule has 0 radical (unpaired) electrons. The monoisotopic (exact) mass is 362 g/mol. The van der Waals surface area contributed by atoms with E-state index in [1.807, 2.05) is 36.4 Å². The van der Waals surface area contributed by atoms with E-state index in [1.165, 1.54) is 19.2 Å². The average molecular weight is 362 g/mol. The molecular formula is C21H22N4O2. The zero-order valence-electron chi connectivity index (χ0n) is 15.0. The lowest BCUT2D eigenvalue weighted by Gasteiger charge is -2.14. The first-order valence-corrected chi connectivity index (χ1v) is 9.26. The van der Waals surface area contributed by atoms with Gasteiger partial charge in [-0.2, -0.15) is 5.10 Å². The summed E-state index contributed by atoms with van der Waals surface area (Å²) in [6, 6.07) is 15.1. The predicted octanol–water partition coefficient (Wildman–Crippen LogP) is 3.90. The molecule has 6 nitrogen and oxygen atoms in total. The Morgan fingerprint density at radius 2 is 1.89 bits per heavy atom. The summed E-state index contributed by atoms with van der Waals surface area (Å²) in [7, 11) is 0. The maximum atomic E-state index is 12.6. The molecule has 1 fully saturated rings. The van der Waals surface area contributed by atoms with Gasteiger partial charge in [0.25, 0.3) is 5.91 Å². The molecule has 2 aromatic carbocycles. The quantitative estimate of drug-likeness (QED) is 0.722. The van der Waals surface area contributed by atoms with Crippen LogP contribution in [0.25, 0.3) is 0 Å². The number of anilines is 1. The second-order valence-electron chi connectivity index (χ2n) is 6.75. The minimum absolute atomic E-state index is 0.145. The molecule has 138 valence electrons. The van der Waals surface area contributed by atoms with Gasteiger partial charge in [0.15, 0.2) is 0 Å². The van der Waals surface area contributed by atoms with Gasteiger partial charge in [0, 0.05) is 11.3 Å². The van der Waals surface area contributed by atoms with Crippen LogP contribution >= 0.6 is 0 Å². The van der Waals surface area contributed by atoms with Crippen LogP contribution < -0.4 is 10.1 Å². The third-order valence-electron chi connectivity index (χ3n) is 4.79. The normalized spacial score (nSPS) is 14.2. The fraction of sp³-hybridized carbons (Fsp3) is 0.286. The van der Waals surface area contributed by atoms with Gasteiger partial charge in [0.2, 0.25) is 0 Å². The molecule has 1 amide bonds. The average Bonchev–Trinajstić information content (AvgIpc) is 3.38. The van der Waals surface area contributed by atoms with Gasteiger partial charge in [0.1, 0.15) is 18.4 Å². The smallest absolute Gasteiger partial charge is 0.255 e. The molecule has 0 atom stereocenters. The topological polar surface area (TPSA) is 69.0 Å². The highest BCUT2D eigenvalue weighted by Gasteiger charge is 2.16. The first-order valence-electron chi connectivity index (χ1n) is 9.26. The first-order chi connectivity index (χ1) is 13.3. The molecule has 1 saturated carbocycles. The summed E-state index contributed by atoms with van der Waals surface area (Å²) in [5.41, 5.74) is 2.34. The standard InChI is InChI=1S/C21H22N4O2/c26-21(16-9-11-19(12-10-16)27-18-6-2-3-7-18)24-20-8-4-1-5-17(20)13-25-15-22-14-23-25/h1,4-5,8-12,14-15,18H,2-3,6-7,13H2,(H,24,26). The van der Waals surface area contributed by atoms with E-state index < -0.39 is 0 Å². The lowest BCUT2D eigenvalue weighted by atomic mass is 10.1. The third-order valence-corrected chi connectivity index (χ3v) is 4.79. The van der Waals surface area contributed by atoms with E-state index in [1.54, 1.807) is 23.1 Å². The van der Waals surface area contributed by atoms with E-state index in [0.29, 0.717) is 18.2 Å². The van der Waals surface area contributed by atoms with Gasteiger partial charge in [0.05, 0.1) is 12.6 Å². The van der Waals surface area contributed by atoms with Crippen molar-refractivity contribution in [2.45, 2.75) is 38.3 Å². The van der Waals surface area contributed by atoms with Crippen LogP contribution in [0.1, 0.15) is 41.6 Å². The lowest BCUT2D eigenvalue weighted by molar-refractivity contribution is 0.102. The number of ether oxygens (including phenoxy) is 1. The predicted molar refractivity (Wildman–Crippen MR) is 103 cm³/mol. The molecule has 1 N–H and O–H groups in total. The number of hydrogen-bond donors (Lipinski definition) is 1. The van der Waals surface area contributed by atoms with Gasteiger partial charge in [-0.1, -0.05) is 18.2 Å². The molecule has 0 bridgehead atoms. The van der Waals surface area contributed by atoms with E-state index in [-0.39, 0.29) is 5.91 Å². The molecule has 4 rings (SSSR count). The Kier molecular flexibility index (Phi) is 5.14. The van der Waals surface area contributed by atoms with Gasteiger partial charge in [-0.15, -0.1) is 0 Å². The molecular weight excluding hydrogens is 340 g/mol. The largest absolute Gasteiger partial charge is 0.490 e. The molecule has 1 aromatic heterocycles. The van der Waals surface area contributed by atoms with Crippen molar-refractivity contribution in [3.63, 3.8) is 0 Å². The van der Waals surface area contributed by atoms with Crippen molar-refractivity contribution in [2.24, 2.45) is 0 Å². The lowest BCUT2D eigenvalue weighted by Crippen LogP contribution is -2.15. The van der Waals surface area contributed by atoms with Gasteiger partial charge in [-0.05, 0) is 61.6 Å². The second-order valence-corrected chi connectivity index (χ2v) is 6.75. The van der Waals surface area contributed by atoms with Gasteiger partial charge in [-0.3, -0.25) is 4.79 Å². The van der Waals surface area contributed by atoms with E-state index >= 15 is 0 Å². The van der Waals surface area contributed by atoms with Crippen molar-refractivity contribution < 1.29 is 9.53 Å². The minimum Gasteiger partial charge on any atom is -0.490 e. The zero-order valence-corrected chi connectivity index (χ0v) is 15.0. The van der Waals surface area contributed by atoms with Crippen molar-refractivity contribution in [3.05, 3.63) is 72.3 Å². The van der Waals surface area contributed by atoms with E-state index in [2.05, 4.69) is 15.4 Å². The van der Waals surface area contributed by atoms with Crippen molar-refractivity contribution in [1.29, 1.82) is 0 Å². The van der Waals surface area contributed by atoms with Crippen LogP contribution in [0.2, 0.25) is 0 Å². The summed E-state index contributed by atoms with van der Waals surface area (Å²) >= 11 is 0. The molecule has 0 spiro atoms. The SMILES string of the molecule is O=C(Nc1ccccc1Cn1cncn1)c1ccc(OC2CCCC2)cc1. The van der Waals surface area contributed by atoms with Gasteiger partial charge >= 0.3 is 0 Å². The highest BCUT2D eigenvalue weighted by atomic mass is 16.5. The number of carbonyl (C=O) groups is 1. The van der Waals surface area contributed by atoms with Crippen LogP contribution in [0.3, 0.4) is 0 Å². The summed E-state index contributed by atoms with van der Waals surface area (Å²) in [6.07, 6.45) is 8.17. The number of para-hydroxylation sites is 1. The molecule has 1 heterocycles. The molecule has 0 unspecified atom stereocenters. The van der Waals surface area contributed by atoms with Crippen LogP contribution in [-0.2, 0) is 6.54 Å². The summed E-state index contributed by atoms with van der Waals surface area (Å²) < 4.78 is 7.68. The maximum absolute atomic E-state index is 12.6. The van der Waals surface area contributed by atoms with Crippen molar-refractivity contribution in [1.82, 2.24) is 14.8 Å². The van der Waals surface area contributed by atoms with Crippen LogP contribution in [0.5, 0.6) is 5.75 Å². The Balaban J connectivity index is 1.43. The third kappa shape index (κ3) is 4.34. The van der Waals surface area contributed by atoms with E-state index in [0.717, 1.165) is 29.8 Å². The van der Waals surface area contributed by atoms with Crippen molar-refractivity contribution in [3.8, 4) is 5.75 Å². The van der Waals surface area contributed by atoms with Gasteiger partial charge in [-0.25, -0.2) is 9.67 Å². The summed E-state index contributed by atoms with van der Waals surface area (Å²) in [5.74, 6) is 0.679. The minimum atomic E-state index is -0.145. The number of nitrogens with one attached hydrogen (secondary N) is 1. The molecule has 27 heavy (non-hydrogen) atoms. The molecule has 6 heteroatoms. The molecule has 1 aliphatic carbocycles. The Bertz CT molecular complexity index is 885. The summed E-state index contributed by atoms with van der Waals surface area (Å²) in [5, 5.41) is 7.11. The molecule has 3 aromatic rings. The zero-order chi connectivity index (χ0) is 18.5. The first kappa shape index (κ1) is 17.3. The van der Waals surface area contributed by atoms with E-state index in [9.17, 15) is 4.79 Å². The Hall–Kier alpha value is -3.15. The fourth-order valence-corrected chi connectivity index (χ4v) is 3.35. The summed E-state index contributed by atoms with van der Waals surface area (Å²) in [6.45, 7) is 0.546.